The molecule has 1 aromatic carbocycles. The second-order valence-electron chi connectivity index (χ2n) is 7.55. The standard InChI is InChI=1S/C11H14FN.C7H16.C2H6.C2H2/c1-8-5-9(7-10(12)6-8)11(2)3-4-13-11;1-6(2)7(3,4)5;2*1-2/h5-7,13H,3-4H2,1-2H3;6H,1-5H3;1-2H3;1-2H. The summed E-state index contributed by atoms with van der Waals surface area (Å²) in [6.45, 7) is 20.4. The molecule has 1 N–H and O–H groups in total. The molecule has 0 saturated carbocycles. The molecule has 2 rings (SSSR count). The van der Waals surface area contributed by atoms with Crippen molar-refractivity contribution in [2.45, 2.75) is 74.3 Å². The van der Waals surface area contributed by atoms with Gasteiger partial charge in [-0.2, -0.15) is 0 Å². The van der Waals surface area contributed by atoms with Gasteiger partial charge < -0.3 is 5.32 Å². The maximum atomic E-state index is 13.1. The monoisotopic (exact) mass is 335 g/mol. The molecule has 24 heavy (non-hydrogen) atoms. The van der Waals surface area contributed by atoms with Crippen LogP contribution in [0.25, 0.3) is 0 Å². The van der Waals surface area contributed by atoms with E-state index >= 15 is 0 Å². The van der Waals surface area contributed by atoms with Gasteiger partial charge in [0.2, 0.25) is 0 Å². The van der Waals surface area contributed by atoms with Crippen LogP contribution < -0.4 is 5.32 Å². The van der Waals surface area contributed by atoms with Crippen LogP contribution >= 0.6 is 0 Å². The molecule has 0 spiro atoms. The molecular weight excluding hydrogens is 297 g/mol. The van der Waals surface area contributed by atoms with Crippen molar-refractivity contribution in [3.8, 4) is 12.8 Å². The number of hydrogen-bond donors (Lipinski definition) is 1. The van der Waals surface area contributed by atoms with E-state index in [1.54, 1.807) is 12.1 Å². The molecule has 138 valence electrons. The van der Waals surface area contributed by atoms with E-state index in [9.17, 15) is 4.39 Å². The van der Waals surface area contributed by atoms with E-state index in [1.165, 1.54) is 0 Å². The van der Waals surface area contributed by atoms with Gasteiger partial charge in [0, 0.05) is 5.54 Å². The van der Waals surface area contributed by atoms with Crippen LogP contribution in [0.1, 0.15) is 72.9 Å². The minimum absolute atomic E-state index is 0.00681. The van der Waals surface area contributed by atoms with Crippen molar-refractivity contribution in [3.63, 3.8) is 0 Å². The van der Waals surface area contributed by atoms with Gasteiger partial charge in [-0.1, -0.05) is 54.5 Å². The lowest BCUT2D eigenvalue weighted by atomic mass is 9.82. The Balaban J connectivity index is 0. The number of rotatable bonds is 1. The van der Waals surface area contributed by atoms with Crippen LogP contribution in [0.15, 0.2) is 18.2 Å². The SMILES string of the molecule is C#C.CC.CC(C)C(C)(C)C.Cc1cc(F)cc(C2(C)CCN2)c1. The van der Waals surface area contributed by atoms with E-state index in [1.807, 2.05) is 20.8 Å². The number of nitrogens with one attached hydrogen (secondary N) is 1. The van der Waals surface area contributed by atoms with Crippen molar-refractivity contribution in [1.29, 1.82) is 0 Å². The summed E-state index contributed by atoms with van der Waals surface area (Å²) in [6, 6.07) is 5.24. The molecule has 1 aromatic rings. The van der Waals surface area contributed by atoms with Gasteiger partial charge in [0.25, 0.3) is 0 Å². The Hall–Kier alpha value is -1.33. The molecule has 1 fully saturated rings. The highest BCUT2D eigenvalue weighted by Gasteiger charge is 2.33. The van der Waals surface area contributed by atoms with Crippen LogP contribution in [-0.4, -0.2) is 6.54 Å². The molecule has 1 atom stereocenters. The molecule has 1 unspecified atom stereocenters. The Labute approximate surface area is 150 Å². The lowest BCUT2D eigenvalue weighted by molar-refractivity contribution is 0.236. The summed E-state index contributed by atoms with van der Waals surface area (Å²) in [7, 11) is 0. The molecule has 0 radical (unpaired) electrons. The van der Waals surface area contributed by atoms with Crippen molar-refractivity contribution >= 4 is 0 Å². The minimum Gasteiger partial charge on any atom is -0.307 e. The molecule has 1 saturated heterocycles. The van der Waals surface area contributed by atoms with Gasteiger partial charge in [-0.15, -0.1) is 12.8 Å². The van der Waals surface area contributed by atoms with E-state index in [0.717, 1.165) is 30.0 Å². The van der Waals surface area contributed by atoms with Crippen LogP contribution in [0.4, 0.5) is 4.39 Å². The summed E-state index contributed by atoms with van der Waals surface area (Å²) in [5.41, 5.74) is 2.56. The van der Waals surface area contributed by atoms with Gasteiger partial charge in [-0.05, 0) is 61.4 Å². The number of hydrogen-bond acceptors (Lipinski definition) is 1. The second-order valence-corrected chi connectivity index (χ2v) is 7.55. The summed E-state index contributed by atoms with van der Waals surface area (Å²) >= 11 is 0. The van der Waals surface area contributed by atoms with Gasteiger partial charge >= 0.3 is 0 Å². The topological polar surface area (TPSA) is 12.0 Å². The summed E-state index contributed by atoms with van der Waals surface area (Å²) in [4.78, 5) is 0. The number of halogens is 1. The highest BCUT2D eigenvalue weighted by atomic mass is 19.1. The minimum atomic E-state index is -0.134. The van der Waals surface area contributed by atoms with Gasteiger partial charge in [-0.25, -0.2) is 4.39 Å². The Kier molecular flexibility index (Phi) is 11.7. The third-order valence-electron chi connectivity index (χ3n) is 4.55. The molecule has 2 heteroatoms. The maximum absolute atomic E-state index is 13.1. The fraction of sp³-hybridized carbons (Fsp3) is 0.636. The molecule has 1 heterocycles. The fourth-order valence-corrected chi connectivity index (χ4v) is 1.80. The lowest BCUT2D eigenvalue weighted by Gasteiger charge is -2.40. The van der Waals surface area contributed by atoms with Crippen LogP contribution in [0.5, 0.6) is 0 Å². The van der Waals surface area contributed by atoms with Crippen molar-refractivity contribution in [2.75, 3.05) is 6.54 Å². The maximum Gasteiger partial charge on any atom is 0.123 e. The van der Waals surface area contributed by atoms with E-state index < -0.39 is 0 Å². The first-order valence-electron chi connectivity index (χ1n) is 8.90. The average molecular weight is 336 g/mol. The van der Waals surface area contributed by atoms with E-state index in [2.05, 4.69) is 65.8 Å². The summed E-state index contributed by atoms with van der Waals surface area (Å²) < 4.78 is 13.1. The van der Waals surface area contributed by atoms with Crippen molar-refractivity contribution in [1.82, 2.24) is 5.32 Å². The summed E-state index contributed by atoms with van der Waals surface area (Å²) in [5, 5.41) is 3.33. The number of aryl methyl sites for hydroxylation is 1. The molecular formula is C22H38FN. The first kappa shape index (κ1) is 24.9. The predicted molar refractivity (Wildman–Crippen MR) is 107 cm³/mol. The van der Waals surface area contributed by atoms with Gasteiger partial charge in [-0.3, -0.25) is 0 Å². The summed E-state index contributed by atoms with van der Waals surface area (Å²) in [6.07, 6.45) is 9.09. The highest BCUT2D eigenvalue weighted by molar-refractivity contribution is 5.31. The lowest BCUT2D eigenvalue weighted by Crippen LogP contribution is -2.51. The molecule has 0 aromatic heterocycles. The predicted octanol–water partition coefficient (Wildman–Crippen LogP) is 6.31. The Bertz CT molecular complexity index is 456. The number of terminal acetylenes is 1. The largest absolute Gasteiger partial charge is 0.307 e. The van der Waals surface area contributed by atoms with E-state index in [0.29, 0.717) is 5.41 Å². The van der Waals surface area contributed by atoms with Gasteiger partial charge in [0.05, 0.1) is 0 Å². The molecule has 1 aliphatic rings. The van der Waals surface area contributed by atoms with E-state index in [-0.39, 0.29) is 11.4 Å². The van der Waals surface area contributed by atoms with Crippen molar-refractivity contribution < 1.29 is 4.39 Å². The normalized spacial score (nSPS) is 18.7. The molecule has 0 aliphatic carbocycles. The van der Waals surface area contributed by atoms with Crippen molar-refractivity contribution in [3.05, 3.63) is 35.1 Å². The number of benzene rings is 1. The van der Waals surface area contributed by atoms with Crippen LogP contribution in [0, 0.1) is 36.9 Å². The first-order chi connectivity index (χ1) is 11.0. The molecule has 1 nitrogen and oxygen atoms in total. The van der Waals surface area contributed by atoms with Gasteiger partial charge in [0.1, 0.15) is 5.82 Å². The van der Waals surface area contributed by atoms with Crippen molar-refractivity contribution in [2.24, 2.45) is 11.3 Å². The molecule has 1 aliphatic heterocycles. The zero-order chi connectivity index (χ0) is 19.6. The average Bonchev–Trinajstić information content (AvgIpc) is 2.47. The Morgan fingerprint density at radius 3 is 1.79 bits per heavy atom. The third kappa shape index (κ3) is 8.50. The highest BCUT2D eigenvalue weighted by Crippen LogP contribution is 2.31. The zero-order valence-electron chi connectivity index (χ0n) is 17.3. The fourth-order valence-electron chi connectivity index (χ4n) is 1.80. The zero-order valence-corrected chi connectivity index (χ0v) is 17.3. The second kappa shape index (κ2) is 11.3. The molecule has 0 amide bonds. The summed E-state index contributed by atoms with van der Waals surface area (Å²) in [5.74, 6) is 0.664. The molecule has 0 bridgehead atoms. The first-order valence-corrected chi connectivity index (χ1v) is 8.90. The van der Waals surface area contributed by atoms with Crippen LogP contribution in [0.2, 0.25) is 0 Å². The van der Waals surface area contributed by atoms with Gasteiger partial charge in [0.15, 0.2) is 0 Å². The quantitative estimate of drug-likeness (QED) is 0.593. The Morgan fingerprint density at radius 1 is 1.12 bits per heavy atom. The van der Waals surface area contributed by atoms with Crippen LogP contribution in [0.3, 0.4) is 0 Å². The smallest absolute Gasteiger partial charge is 0.123 e. The third-order valence-corrected chi connectivity index (χ3v) is 4.55. The van der Waals surface area contributed by atoms with Crippen LogP contribution in [-0.2, 0) is 5.54 Å². The van der Waals surface area contributed by atoms with E-state index in [4.69, 9.17) is 0 Å². The Morgan fingerprint density at radius 2 is 1.54 bits per heavy atom.